The third kappa shape index (κ3) is 1.70. The van der Waals surface area contributed by atoms with Crippen LogP contribution in [-0.4, -0.2) is 26.0 Å². The molecular formula is C9H8N6S. The molecule has 0 aliphatic heterocycles. The van der Waals surface area contributed by atoms with Gasteiger partial charge in [-0.2, -0.15) is 15.3 Å². The van der Waals surface area contributed by atoms with E-state index in [0.717, 1.165) is 0 Å². The third-order valence-electron chi connectivity index (χ3n) is 1.90. The van der Waals surface area contributed by atoms with Crippen LogP contribution in [0.3, 0.4) is 0 Å². The topological polar surface area (TPSA) is 93.4 Å². The SMILES string of the molecule is CSc1nc(N)nc(-n2cccn2)c1C#N. The molecule has 6 nitrogen and oxygen atoms in total. The van der Waals surface area contributed by atoms with Gasteiger partial charge >= 0.3 is 0 Å². The zero-order chi connectivity index (χ0) is 11.5. The van der Waals surface area contributed by atoms with Gasteiger partial charge in [-0.1, -0.05) is 0 Å². The van der Waals surface area contributed by atoms with Crippen molar-refractivity contribution in [1.29, 1.82) is 5.26 Å². The maximum Gasteiger partial charge on any atom is 0.223 e. The third-order valence-corrected chi connectivity index (χ3v) is 2.58. The lowest BCUT2D eigenvalue weighted by Gasteiger charge is -2.06. The molecule has 0 aliphatic carbocycles. The highest BCUT2D eigenvalue weighted by Crippen LogP contribution is 2.22. The van der Waals surface area contributed by atoms with E-state index < -0.39 is 0 Å². The zero-order valence-corrected chi connectivity index (χ0v) is 9.27. The number of rotatable bonds is 2. The van der Waals surface area contributed by atoms with Crippen LogP contribution < -0.4 is 5.73 Å². The average molecular weight is 232 g/mol. The van der Waals surface area contributed by atoms with Gasteiger partial charge in [0, 0.05) is 12.4 Å². The lowest BCUT2D eigenvalue weighted by molar-refractivity contribution is 0.825. The monoisotopic (exact) mass is 232 g/mol. The van der Waals surface area contributed by atoms with E-state index in [1.54, 1.807) is 18.5 Å². The van der Waals surface area contributed by atoms with Crippen LogP contribution in [0, 0.1) is 11.3 Å². The van der Waals surface area contributed by atoms with Crippen molar-refractivity contribution in [3.05, 3.63) is 24.0 Å². The molecule has 0 bridgehead atoms. The van der Waals surface area contributed by atoms with E-state index in [2.05, 4.69) is 21.1 Å². The maximum absolute atomic E-state index is 9.09. The Bertz CT molecular complexity index is 542. The summed E-state index contributed by atoms with van der Waals surface area (Å²) in [5, 5.41) is 13.7. The predicted octanol–water partition coefficient (Wildman–Crippen LogP) is 0.838. The van der Waals surface area contributed by atoms with Gasteiger partial charge in [-0.05, 0) is 12.3 Å². The highest BCUT2D eigenvalue weighted by atomic mass is 32.2. The molecule has 16 heavy (non-hydrogen) atoms. The molecule has 2 N–H and O–H groups in total. The lowest BCUT2D eigenvalue weighted by Crippen LogP contribution is -2.07. The molecule has 2 rings (SSSR count). The summed E-state index contributed by atoms with van der Waals surface area (Å²) in [4.78, 5) is 8.03. The Labute approximate surface area is 96.1 Å². The summed E-state index contributed by atoms with van der Waals surface area (Å²) in [7, 11) is 0. The number of aromatic nitrogens is 4. The molecule has 0 saturated carbocycles. The molecule has 2 aromatic heterocycles. The molecule has 0 amide bonds. The van der Waals surface area contributed by atoms with E-state index in [1.165, 1.54) is 16.4 Å². The van der Waals surface area contributed by atoms with Crippen LogP contribution in [0.4, 0.5) is 5.95 Å². The quantitative estimate of drug-likeness (QED) is 0.609. The number of nitriles is 1. The highest BCUT2D eigenvalue weighted by Gasteiger charge is 2.14. The summed E-state index contributed by atoms with van der Waals surface area (Å²) in [5.74, 6) is 0.540. The van der Waals surface area contributed by atoms with Gasteiger partial charge in [-0.15, -0.1) is 11.8 Å². The van der Waals surface area contributed by atoms with Crippen LogP contribution in [-0.2, 0) is 0 Å². The number of thioether (sulfide) groups is 1. The Morgan fingerprint density at radius 3 is 2.88 bits per heavy atom. The number of anilines is 1. The first kappa shape index (κ1) is 10.4. The molecule has 2 aromatic rings. The molecule has 0 fully saturated rings. The molecule has 0 atom stereocenters. The molecule has 80 valence electrons. The minimum Gasteiger partial charge on any atom is -0.368 e. The van der Waals surface area contributed by atoms with Crippen LogP contribution in [0.5, 0.6) is 0 Å². The predicted molar refractivity (Wildman–Crippen MR) is 60.1 cm³/mol. The van der Waals surface area contributed by atoms with Gasteiger partial charge < -0.3 is 5.73 Å². The van der Waals surface area contributed by atoms with Crippen molar-refractivity contribution in [3.8, 4) is 11.9 Å². The van der Waals surface area contributed by atoms with Crippen LogP contribution in [0.2, 0.25) is 0 Å². The number of hydrogen-bond donors (Lipinski definition) is 1. The fourth-order valence-corrected chi connectivity index (χ4v) is 1.78. The molecule has 2 heterocycles. The Morgan fingerprint density at radius 1 is 1.50 bits per heavy atom. The normalized spacial score (nSPS) is 10.0. The molecule has 7 heteroatoms. The fraction of sp³-hybridized carbons (Fsp3) is 0.111. The van der Waals surface area contributed by atoms with Crippen molar-refractivity contribution < 1.29 is 0 Å². The second-order valence-corrected chi connectivity index (χ2v) is 3.65. The van der Waals surface area contributed by atoms with Crippen molar-refractivity contribution in [2.24, 2.45) is 0 Å². The second kappa shape index (κ2) is 4.20. The van der Waals surface area contributed by atoms with Gasteiger partial charge in [0.15, 0.2) is 5.82 Å². The number of nitrogen functional groups attached to an aromatic ring is 1. The average Bonchev–Trinajstić information content (AvgIpc) is 2.81. The van der Waals surface area contributed by atoms with Gasteiger partial charge in [-0.25, -0.2) is 9.67 Å². The molecule has 0 radical (unpaired) electrons. The summed E-state index contributed by atoms with van der Waals surface area (Å²) in [6, 6.07) is 3.82. The molecule has 0 aliphatic rings. The number of nitrogens with zero attached hydrogens (tertiary/aromatic N) is 5. The second-order valence-electron chi connectivity index (χ2n) is 2.85. The van der Waals surface area contributed by atoms with E-state index in [0.29, 0.717) is 16.4 Å². The molecular weight excluding hydrogens is 224 g/mol. The first-order valence-electron chi connectivity index (χ1n) is 4.38. The number of nitrogens with two attached hydrogens (primary N) is 1. The molecule has 0 aromatic carbocycles. The molecule has 0 unspecified atom stereocenters. The molecule has 0 saturated heterocycles. The van der Waals surface area contributed by atoms with Gasteiger partial charge in [-0.3, -0.25) is 0 Å². The van der Waals surface area contributed by atoms with Crippen molar-refractivity contribution in [2.45, 2.75) is 5.03 Å². The summed E-state index contributed by atoms with van der Waals surface area (Å²) in [6.45, 7) is 0. The van der Waals surface area contributed by atoms with Gasteiger partial charge in [0.2, 0.25) is 5.95 Å². The van der Waals surface area contributed by atoms with Gasteiger partial charge in [0.25, 0.3) is 0 Å². The van der Waals surface area contributed by atoms with Crippen LogP contribution in [0.1, 0.15) is 5.56 Å². The minimum absolute atomic E-state index is 0.133. The smallest absolute Gasteiger partial charge is 0.223 e. The number of hydrogen-bond acceptors (Lipinski definition) is 6. The Morgan fingerprint density at radius 2 is 2.31 bits per heavy atom. The van der Waals surface area contributed by atoms with Crippen molar-refractivity contribution >= 4 is 17.7 Å². The zero-order valence-electron chi connectivity index (χ0n) is 8.45. The fourth-order valence-electron chi connectivity index (χ4n) is 1.25. The van der Waals surface area contributed by atoms with E-state index in [-0.39, 0.29) is 5.95 Å². The lowest BCUT2D eigenvalue weighted by atomic mass is 10.3. The summed E-state index contributed by atoms with van der Waals surface area (Å²) >= 11 is 1.35. The standard InChI is InChI=1S/C9H8N6S/c1-16-8-6(5-10)7(13-9(11)14-8)15-4-2-3-12-15/h2-4H,1H3,(H2,11,13,14). The van der Waals surface area contributed by atoms with Crippen LogP contribution >= 0.6 is 11.8 Å². The van der Waals surface area contributed by atoms with Crippen molar-refractivity contribution in [2.75, 3.05) is 12.0 Å². The summed E-state index contributed by atoms with van der Waals surface area (Å²) in [6.07, 6.45) is 5.14. The van der Waals surface area contributed by atoms with Crippen LogP contribution in [0.25, 0.3) is 5.82 Å². The van der Waals surface area contributed by atoms with E-state index in [4.69, 9.17) is 11.0 Å². The van der Waals surface area contributed by atoms with E-state index >= 15 is 0 Å². The first-order valence-corrected chi connectivity index (χ1v) is 5.60. The largest absolute Gasteiger partial charge is 0.368 e. The Balaban J connectivity index is 2.69. The maximum atomic E-state index is 9.09. The molecule has 0 spiro atoms. The van der Waals surface area contributed by atoms with E-state index in [1.807, 2.05) is 6.26 Å². The summed E-state index contributed by atoms with van der Waals surface area (Å²) in [5.41, 5.74) is 5.96. The van der Waals surface area contributed by atoms with Crippen LogP contribution in [0.15, 0.2) is 23.5 Å². The van der Waals surface area contributed by atoms with E-state index in [9.17, 15) is 0 Å². The minimum atomic E-state index is 0.133. The first-order chi connectivity index (χ1) is 7.76. The van der Waals surface area contributed by atoms with Gasteiger partial charge in [0.1, 0.15) is 16.7 Å². The van der Waals surface area contributed by atoms with Gasteiger partial charge in [0.05, 0.1) is 0 Å². The van der Waals surface area contributed by atoms with Crippen molar-refractivity contribution in [3.63, 3.8) is 0 Å². The Hall–Kier alpha value is -2.07. The summed E-state index contributed by atoms with van der Waals surface area (Å²) < 4.78 is 1.50. The van der Waals surface area contributed by atoms with Crippen molar-refractivity contribution in [1.82, 2.24) is 19.7 Å². The Kier molecular flexibility index (Phi) is 2.74. The highest BCUT2D eigenvalue weighted by molar-refractivity contribution is 7.98.